The van der Waals surface area contributed by atoms with Crippen LogP contribution in [0.5, 0.6) is 0 Å². The van der Waals surface area contributed by atoms with E-state index in [1.807, 2.05) is 19.1 Å². The molecule has 1 aliphatic rings. The molecular weight excluding hydrogens is 454 g/mol. The van der Waals surface area contributed by atoms with Gasteiger partial charge in [0.1, 0.15) is 18.1 Å². The van der Waals surface area contributed by atoms with Crippen LogP contribution in [0.15, 0.2) is 29.3 Å². The van der Waals surface area contributed by atoms with Gasteiger partial charge in [-0.15, -0.1) is 0 Å². The largest absolute Gasteiger partial charge is 0.468 e. The zero-order chi connectivity index (χ0) is 23.3. The minimum absolute atomic E-state index is 0.0441. The highest BCUT2D eigenvalue weighted by Crippen LogP contribution is 2.20. The monoisotopic (exact) mass is 481 g/mol. The smallest absolute Gasteiger partial charge is 0.325 e. The van der Waals surface area contributed by atoms with Crippen LogP contribution >= 0.6 is 11.3 Å². The summed E-state index contributed by atoms with van der Waals surface area (Å²) in [6.45, 7) is 2.35. The van der Waals surface area contributed by atoms with E-state index in [1.165, 1.54) is 23.0 Å². The van der Waals surface area contributed by atoms with Crippen LogP contribution in [0.1, 0.15) is 32.6 Å². The standard InChI is InChI=1S/C21H27N3O6S2/c1-3-15-8-6-7-11-23(15)19(26)14-32(28,29)13-18(25)22-21-24(12-20(27)30-2)16-9-4-5-10-17(16)31-21/h4-5,9-10,15H,3,6-8,11-14H2,1-2H3. The lowest BCUT2D eigenvalue weighted by molar-refractivity contribution is -0.141. The number of methoxy groups -OCH3 is 1. The number of fused-ring (bicyclic) bond motifs is 1. The van der Waals surface area contributed by atoms with Gasteiger partial charge in [0, 0.05) is 12.6 Å². The van der Waals surface area contributed by atoms with E-state index >= 15 is 0 Å². The first kappa shape index (κ1) is 24.1. The number of hydrogen-bond acceptors (Lipinski definition) is 7. The molecule has 1 fully saturated rings. The van der Waals surface area contributed by atoms with Crippen LogP contribution in [0.2, 0.25) is 0 Å². The Bertz CT molecular complexity index is 1180. The van der Waals surface area contributed by atoms with Crippen molar-refractivity contribution in [2.75, 3.05) is 25.2 Å². The summed E-state index contributed by atoms with van der Waals surface area (Å²) in [7, 11) is -2.72. The number of carbonyl (C=O) groups excluding carboxylic acids is 3. The molecule has 11 heteroatoms. The molecule has 0 saturated carbocycles. The van der Waals surface area contributed by atoms with E-state index in [0.29, 0.717) is 12.1 Å². The van der Waals surface area contributed by atoms with Gasteiger partial charge >= 0.3 is 5.97 Å². The molecule has 1 atom stereocenters. The molecule has 0 spiro atoms. The Morgan fingerprint density at radius 3 is 2.66 bits per heavy atom. The number of piperidine rings is 1. The summed E-state index contributed by atoms with van der Waals surface area (Å²) in [5.74, 6) is -3.44. The van der Waals surface area contributed by atoms with Gasteiger partial charge in [-0.3, -0.25) is 14.4 Å². The number of sulfone groups is 1. The Labute approximate surface area is 190 Å². The Kier molecular flexibility index (Phi) is 7.83. The third kappa shape index (κ3) is 5.83. The van der Waals surface area contributed by atoms with Gasteiger partial charge in [-0.05, 0) is 37.8 Å². The van der Waals surface area contributed by atoms with Crippen molar-refractivity contribution >= 4 is 49.2 Å². The van der Waals surface area contributed by atoms with Crippen molar-refractivity contribution in [3.63, 3.8) is 0 Å². The van der Waals surface area contributed by atoms with Gasteiger partial charge in [0.15, 0.2) is 14.6 Å². The number of nitrogens with zero attached hydrogens (tertiary/aromatic N) is 3. The van der Waals surface area contributed by atoms with Crippen LogP contribution in [-0.2, 0) is 35.5 Å². The number of likely N-dealkylation sites (tertiary alicyclic amines) is 1. The number of benzene rings is 1. The summed E-state index contributed by atoms with van der Waals surface area (Å²) in [5, 5.41) is 0. The van der Waals surface area contributed by atoms with Crippen LogP contribution in [0, 0.1) is 0 Å². The summed E-state index contributed by atoms with van der Waals surface area (Å²) in [6, 6.07) is 7.23. The molecule has 1 unspecified atom stereocenters. The van der Waals surface area contributed by atoms with Gasteiger partial charge in [-0.2, -0.15) is 4.99 Å². The van der Waals surface area contributed by atoms with Crippen LogP contribution in [0.3, 0.4) is 0 Å². The molecule has 1 aliphatic heterocycles. The number of carbonyl (C=O) groups is 3. The Balaban J connectivity index is 1.79. The molecule has 174 valence electrons. The first-order valence-electron chi connectivity index (χ1n) is 10.5. The SMILES string of the molecule is CCC1CCCCN1C(=O)CS(=O)(=O)CC(=O)N=c1sc2ccccc2n1CC(=O)OC. The number of hydrogen-bond donors (Lipinski definition) is 0. The lowest BCUT2D eigenvalue weighted by Gasteiger charge is -2.35. The van der Waals surface area contributed by atoms with E-state index in [4.69, 9.17) is 4.74 Å². The van der Waals surface area contributed by atoms with Crippen molar-refractivity contribution in [1.29, 1.82) is 0 Å². The fourth-order valence-electron chi connectivity index (χ4n) is 3.86. The maximum Gasteiger partial charge on any atom is 0.325 e. The fourth-order valence-corrected chi connectivity index (χ4v) is 5.99. The van der Waals surface area contributed by atoms with Crippen molar-refractivity contribution in [2.45, 2.75) is 45.2 Å². The lowest BCUT2D eigenvalue weighted by Crippen LogP contribution is -2.46. The zero-order valence-corrected chi connectivity index (χ0v) is 19.8. The molecule has 0 aliphatic carbocycles. The van der Waals surface area contributed by atoms with Gasteiger partial charge in [0.25, 0.3) is 5.91 Å². The number of rotatable bonds is 7. The number of amides is 2. The number of esters is 1. The van der Waals surface area contributed by atoms with Crippen molar-refractivity contribution in [3.05, 3.63) is 29.1 Å². The zero-order valence-electron chi connectivity index (χ0n) is 18.2. The maximum atomic E-state index is 12.6. The average Bonchev–Trinajstić information content (AvgIpc) is 3.09. The molecule has 32 heavy (non-hydrogen) atoms. The predicted molar refractivity (Wildman–Crippen MR) is 121 cm³/mol. The number of aromatic nitrogens is 1. The topological polar surface area (TPSA) is 115 Å². The summed E-state index contributed by atoms with van der Waals surface area (Å²) in [4.78, 5) is 42.7. The molecule has 0 N–H and O–H groups in total. The van der Waals surface area contributed by atoms with E-state index < -0.39 is 39.1 Å². The summed E-state index contributed by atoms with van der Waals surface area (Å²) >= 11 is 1.17. The highest BCUT2D eigenvalue weighted by atomic mass is 32.2. The van der Waals surface area contributed by atoms with Crippen LogP contribution in [-0.4, -0.2) is 66.9 Å². The van der Waals surface area contributed by atoms with E-state index in [1.54, 1.807) is 17.0 Å². The molecule has 1 aromatic heterocycles. The summed E-state index contributed by atoms with van der Waals surface area (Å²) in [5.41, 5.74) is 0.684. The van der Waals surface area contributed by atoms with Crippen LogP contribution < -0.4 is 4.80 Å². The summed E-state index contributed by atoms with van der Waals surface area (Å²) < 4.78 is 32.1. The molecule has 0 bridgehead atoms. The number of thiazole rings is 1. The van der Waals surface area contributed by atoms with E-state index in [-0.39, 0.29) is 17.4 Å². The van der Waals surface area contributed by atoms with Gasteiger partial charge in [0.05, 0.1) is 17.3 Å². The molecule has 2 amide bonds. The second kappa shape index (κ2) is 10.4. The van der Waals surface area contributed by atoms with Crippen molar-refractivity contribution in [2.24, 2.45) is 4.99 Å². The molecule has 9 nitrogen and oxygen atoms in total. The first-order valence-corrected chi connectivity index (χ1v) is 13.1. The van der Waals surface area contributed by atoms with Crippen LogP contribution in [0.25, 0.3) is 10.2 Å². The Morgan fingerprint density at radius 1 is 1.19 bits per heavy atom. The Morgan fingerprint density at radius 2 is 1.94 bits per heavy atom. The van der Waals surface area contributed by atoms with Gasteiger partial charge < -0.3 is 14.2 Å². The minimum atomic E-state index is -3.98. The molecule has 2 aromatic rings. The molecule has 1 aromatic carbocycles. The molecule has 2 heterocycles. The summed E-state index contributed by atoms with van der Waals surface area (Å²) in [6.07, 6.45) is 3.50. The molecular formula is C21H27N3O6S2. The molecule has 0 radical (unpaired) electrons. The highest BCUT2D eigenvalue weighted by molar-refractivity contribution is 7.92. The third-order valence-electron chi connectivity index (χ3n) is 5.43. The predicted octanol–water partition coefficient (Wildman–Crippen LogP) is 1.51. The third-order valence-corrected chi connectivity index (χ3v) is 7.86. The van der Waals surface area contributed by atoms with Gasteiger partial charge in [0.2, 0.25) is 5.91 Å². The quantitative estimate of drug-likeness (QED) is 0.554. The first-order chi connectivity index (χ1) is 15.2. The lowest BCUT2D eigenvalue weighted by atomic mass is 10.0. The van der Waals surface area contributed by atoms with Crippen molar-refractivity contribution < 1.29 is 27.5 Å². The Hall–Kier alpha value is -2.53. The van der Waals surface area contributed by atoms with Gasteiger partial charge in [-0.25, -0.2) is 8.42 Å². The van der Waals surface area contributed by atoms with E-state index in [2.05, 4.69) is 4.99 Å². The van der Waals surface area contributed by atoms with Crippen molar-refractivity contribution in [1.82, 2.24) is 9.47 Å². The van der Waals surface area contributed by atoms with E-state index in [0.717, 1.165) is 30.4 Å². The minimum Gasteiger partial charge on any atom is -0.468 e. The maximum absolute atomic E-state index is 12.6. The van der Waals surface area contributed by atoms with Crippen molar-refractivity contribution in [3.8, 4) is 0 Å². The van der Waals surface area contributed by atoms with Crippen LogP contribution in [0.4, 0.5) is 0 Å². The fraction of sp³-hybridized carbons (Fsp3) is 0.524. The normalized spacial score (nSPS) is 17.5. The second-order valence-corrected chi connectivity index (χ2v) is 10.8. The second-order valence-electron chi connectivity index (χ2n) is 7.70. The average molecular weight is 482 g/mol. The van der Waals surface area contributed by atoms with Gasteiger partial charge in [-0.1, -0.05) is 30.4 Å². The molecule has 1 saturated heterocycles. The number of ether oxygens (including phenoxy) is 1. The number of para-hydroxylation sites is 1. The molecule has 3 rings (SSSR count). The highest BCUT2D eigenvalue weighted by Gasteiger charge is 2.29. The van der Waals surface area contributed by atoms with E-state index in [9.17, 15) is 22.8 Å².